The maximum absolute atomic E-state index is 14.2. The van der Waals surface area contributed by atoms with Gasteiger partial charge in [-0.1, -0.05) is 0 Å². The molecular weight excluding hydrogens is 434 g/mol. The molecule has 2 aromatic carbocycles. The first-order chi connectivity index (χ1) is 21.1. The summed E-state index contributed by atoms with van der Waals surface area (Å²) in [6.07, 6.45) is -9.53. The molecule has 0 atom stereocenters. The van der Waals surface area contributed by atoms with Gasteiger partial charge in [0.2, 0.25) is 5.91 Å². The third-order valence-electron chi connectivity index (χ3n) is 5.13. The summed E-state index contributed by atoms with van der Waals surface area (Å²) in [7, 11) is 1.40. The van der Waals surface area contributed by atoms with Crippen LogP contribution >= 0.6 is 0 Å². The quantitative estimate of drug-likeness (QED) is 0.615. The summed E-state index contributed by atoms with van der Waals surface area (Å²) in [5.74, 6) is -3.34. The van der Waals surface area contributed by atoms with Crippen LogP contribution in [0.25, 0.3) is 5.69 Å². The largest absolute Gasteiger partial charge is 0.497 e. The van der Waals surface area contributed by atoms with Crippen molar-refractivity contribution in [3.05, 3.63) is 65.4 Å². The third kappa shape index (κ3) is 3.68. The number of rotatable bonds is 5. The minimum atomic E-state index is -3.49. The third-order valence-corrected chi connectivity index (χ3v) is 5.13. The van der Waals surface area contributed by atoms with Crippen LogP contribution in [-0.4, -0.2) is 47.7 Å². The lowest BCUT2D eigenvalue weighted by atomic mass is 10.0. The van der Waals surface area contributed by atoms with Crippen LogP contribution in [0.2, 0.25) is 0 Å². The molecule has 9 heteroatoms. The first-order valence-corrected chi connectivity index (χ1v) is 9.95. The van der Waals surface area contributed by atoms with Crippen LogP contribution in [0.4, 0.5) is 11.4 Å². The first kappa shape index (κ1) is 11.8. The molecule has 174 valence electrons. The lowest BCUT2D eigenvalue weighted by Gasteiger charge is -2.29. The molecule has 0 saturated carbocycles. The van der Waals surface area contributed by atoms with Crippen molar-refractivity contribution in [3.8, 4) is 11.4 Å². The average Bonchev–Trinajstić information content (AvgIpc) is 3.38. The molecule has 2 aliphatic rings. The van der Waals surface area contributed by atoms with E-state index in [1.807, 2.05) is 0 Å². The SMILES string of the molecule is [2H]c1c([2H])c(N2C(=O)c3c(c(C(N)=O)nn3-c3ccc(OC)cc3)C([2H])([2H])C2([2H])[2H])c([2H])c([2H])c1N1CC([2H])([2H])C([2H])([2H])CC1=O. The maximum Gasteiger partial charge on any atom is 0.277 e. The Labute approximate surface area is 213 Å². The van der Waals surface area contributed by atoms with Crippen LogP contribution in [0.5, 0.6) is 5.75 Å². The number of nitrogens with zero attached hydrogens (tertiary/aromatic N) is 4. The topological polar surface area (TPSA) is 111 Å². The number of amides is 3. The summed E-state index contributed by atoms with van der Waals surface area (Å²) in [5, 5.41) is 4.01. The molecule has 1 saturated heterocycles. The van der Waals surface area contributed by atoms with Crippen LogP contribution in [0, 0.1) is 0 Å². The summed E-state index contributed by atoms with van der Waals surface area (Å²) in [6, 6.07) is 1.55. The van der Waals surface area contributed by atoms with E-state index in [2.05, 4.69) is 5.10 Å². The van der Waals surface area contributed by atoms with E-state index in [9.17, 15) is 14.4 Å². The number of hydrogen-bond donors (Lipinski definition) is 1. The standard InChI is InChI=1S/C25H25N5O4/c1-34-19-11-9-18(10-12-19)30-23-20(22(27-30)24(26)32)13-15-29(25(23)33)17-7-5-16(6-8-17)28-14-3-2-4-21(28)31/h5-12H,2-4,13-15H2,1H3,(H2,26,32)/i2D2,3D2,5D,6D,7D,8D,13D2,15D2. The molecule has 3 amide bonds. The van der Waals surface area contributed by atoms with Gasteiger partial charge in [-0.05, 0) is 67.6 Å². The molecule has 1 fully saturated rings. The minimum absolute atomic E-state index is 0.0856. The Kier molecular flexibility index (Phi) is 3.01. The highest BCUT2D eigenvalue weighted by molar-refractivity contribution is 6.09. The van der Waals surface area contributed by atoms with E-state index in [0.29, 0.717) is 10.6 Å². The number of fused-ring (bicyclic) bond motifs is 1. The van der Waals surface area contributed by atoms with Crippen LogP contribution < -0.4 is 20.3 Å². The number of primary amides is 1. The molecule has 0 unspecified atom stereocenters. The number of carbonyl (C=O) groups excluding carboxylic acids is 3. The van der Waals surface area contributed by atoms with Crippen molar-refractivity contribution in [2.24, 2.45) is 5.73 Å². The molecule has 3 heterocycles. The van der Waals surface area contributed by atoms with E-state index in [0.717, 1.165) is 4.68 Å². The summed E-state index contributed by atoms with van der Waals surface area (Å²) in [5.41, 5.74) is 1.53. The lowest BCUT2D eigenvalue weighted by Crippen LogP contribution is -2.39. The van der Waals surface area contributed by atoms with Gasteiger partial charge < -0.3 is 20.3 Å². The van der Waals surface area contributed by atoms with Gasteiger partial charge in [-0.25, -0.2) is 4.68 Å². The number of anilines is 2. The van der Waals surface area contributed by atoms with E-state index in [4.69, 9.17) is 26.9 Å². The van der Waals surface area contributed by atoms with Crippen LogP contribution in [0.15, 0.2) is 48.4 Å². The fourth-order valence-electron chi connectivity index (χ4n) is 3.45. The van der Waals surface area contributed by atoms with Gasteiger partial charge in [-0.2, -0.15) is 5.10 Å². The fraction of sp³-hybridized carbons (Fsp3) is 0.280. The Morgan fingerprint density at radius 1 is 1.06 bits per heavy atom. The second-order valence-electron chi connectivity index (χ2n) is 7.13. The Morgan fingerprint density at radius 2 is 1.74 bits per heavy atom. The molecule has 34 heavy (non-hydrogen) atoms. The van der Waals surface area contributed by atoms with E-state index >= 15 is 0 Å². The molecule has 0 aliphatic carbocycles. The molecule has 9 nitrogen and oxygen atoms in total. The Bertz CT molecular complexity index is 1800. The second-order valence-corrected chi connectivity index (χ2v) is 7.13. The number of piperidine rings is 1. The number of nitrogens with two attached hydrogens (primary N) is 1. The number of methoxy groups -OCH3 is 1. The minimum Gasteiger partial charge on any atom is -0.497 e. The van der Waals surface area contributed by atoms with Gasteiger partial charge in [0.15, 0.2) is 5.69 Å². The zero-order valence-electron chi connectivity index (χ0n) is 29.7. The number of benzene rings is 2. The van der Waals surface area contributed by atoms with Crippen LogP contribution in [0.3, 0.4) is 0 Å². The molecule has 3 aromatic rings. The Morgan fingerprint density at radius 3 is 2.38 bits per heavy atom. The van der Waals surface area contributed by atoms with E-state index in [1.54, 1.807) is 0 Å². The molecular formula is C25H25N5O4. The van der Waals surface area contributed by atoms with E-state index < -0.39 is 109 Å². The lowest BCUT2D eigenvalue weighted by molar-refractivity contribution is -0.119. The predicted octanol–water partition coefficient (Wildman–Crippen LogP) is 2.70. The van der Waals surface area contributed by atoms with Crippen molar-refractivity contribution in [1.82, 2.24) is 9.78 Å². The monoisotopic (exact) mass is 471 g/mol. The normalized spacial score (nSPS) is 27.0. The molecule has 0 spiro atoms. The average molecular weight is 472 g/mol. The van der Waals surface area contributed by atoms with Gasteiger partial charge in [0.1, 0.15) is 11.4 Å². The molecule has 2 aliphatic heterocycles. The number of ether oxygens (including phenoxy) is 1. The van der Waals surface area contributed by atoms with Gasteiger partial charge >= 0.3 is 0 Å². The summed E-state index contributed by atoms with van der Waals surface area (Å²) < 4.78 is 108. The zero-order chi connectivity index (χ0) is 34.5. The van der Waals surface area contributed by atoms with Crippen LogP contribution in [0.1, 0.15) is 62.2 Å². The van der Waals surface area contributed by atoms with Gasteiger partial charge in [0, 0.05) is 44.6 Å². The second kappa shape index (κ2) is 8.66. The number of carbonyl (C=O) groups is 3. The van der Waals surface area contributed by atoms with Gasteiger partial charge in [0.25, 0.3) is 11.8 Å². The molecule has 5 rings (SSSR count). The van der Waals surface area contributed by atoms with Crippen LogP contribution in [-0.2, 0) is 11.2 Å². The van der Waals surface area contributed by atoms with Crippen molar-refractivity contribution in [2.45, 2.75) is 25.5 Å². The first-order valence-electron chi connectivity index (χ1n) is 16.0. The summed E-state index contributed by atoms with van der Waals surface area (Å²) >= 11 is 0. The molecule has 0 radical (unpaired) electrons. The van der Waals surface area contributed by atoms with Crippen molar-refractivity contribution < 1.29 is 35.6 Å². The van der Waals surface area contributed by atoms with Gasteiger partial charge in [0.05, 0.1) is 21.0 Å². The Balaban J connectivity index is 1.76. The zero-order valence-corrected chi connectivity index (χ0v) is 17.7. The Hall–Kier alpha value is -4.14. The van der Waals surface area contributed by atoms with Crippen molar-refractivity contribution >= 4 is 29.1 Å². The summed E-state index contributed by atoms with van der Waals surface area (Å²) in [6.45, 7) is -4.46. The molecule has 0 bridgehead atoms. The van der Waals surface area contributed by atoms with Crippen molar-refractivity contribution in [1.29, 1.82) is 0 Å². The molecule has 1 aromatic heterocycles. The highest BCUT2D eigenvalue weighted by Crippen LogP contribution is 2.31. The maximum atomic E-state index is 14.2. The predicted molar refractivity (Wildman–Crippen MR) is 127 cm³/mol. The smallest absolute Gasteiger partial charge is 0.277 e. The number of hydrogen-bond acceptors (Lipinski definition) is 5. The number of aromatic nitrogens is 2. The highest BCUT2D eigenvalue weighted by atomic mass is 16.5. The van der Waals surface area contributed by atoms with Gasteiger partial charge in [-0.3, -0.25) is 14.4 Å². The van der Waals surface area contributed by atoms with E-state index in [1.165, 1.54) is 31.4 Å². The highest BCUT2D eigenvalue weighted by Gasteiger charge is 2.34. The van der Waals surface area contributed by atoms with E-state index in [-0.39, 0.29) is 10.6 Å². The molecule has 2 N–H and O–H groups in total. The van der Waals surface area contributed by atoms with Crippen molar-refractivity contribution in [3.63, 3.8) is 0 Å². The van der Waals surface area contributed by atoms with Crippen molar-refractivity contribution in [2.75, 3.05) is 30.0 Å². The van der Waals surface area contributed by atoms with Gasteiger partial charge in [-0.15, -0.1) is 0 Å². The fourth-order valence-corrected chi connectivity index (χ4v) is 3.45. The summed E-state index contributed by atoms with van der Waals surface area (Å²) in [4.78, 5) is 40.1.